The molecule has 0 fully saturated rings. The molecule has 0 unspecified atom stereocenters. The lowest BCUT2D eigenvalue weighted by molar-refractivity contribution is 0.401. The molecule has 2 aromatic carbocycles. The summed E-state index contributed by atoms with van der Waals surface area (Å²) in [5.74, 6) is 0.296. The van der Waals surface area contributed by atoms with E-state index in [0.717, 1.165) is 22.2 Å². The number of rotatable bonds is 6. The largest absolute Gasteiger partial charge is 0.495 e. The van der Waals surface area contributed by atoms with Gasteiger partial charge in [0.05, 0.1) is 18.1 Å². The number of para-hydroxylation sites is 2. The molecule has 1 aromatic heterocycles. The minimum absolute atomic E-state index is 0.0835. The summed E-state index contributed by atoms with van der Waals surface area (Å²) in [6.45, 7) is 4.04. The van der Waals surface area contributed by atoms with Gasteiger partial charge in [-0.05, 0) is 49.2 Å². The molecule has 0 saturated carbocycles. The van der Waals surface area contributed by atoms with Crippen LogP contribution in [0.3, 0.4) is 0 Å². The fraction of sp³-hybridized carbons (Fsp3) is 0.278. The van der Waals surface area contributed by atoms with Crippen molar-refractivity contribution < 1.29 is 13.2 Å². The van der Waals surface area contributed by atoms with Crippen molar-refractivity contribution in [3.05, 3.63) is 58.0 Å². The highest BCUT2D eigenvalue weighted by molar-refractivity contribution is 7.89. The van der Waals surface area contributed by atoms with Crippen LogP contribution in [0.2, 0.25) is 0 Å². The zero-order valence-electron chi connectivity index (χ0n) is 14.9. The first-order chi connectivity index (χ1) is 12.3. The van der Waals surface area contributed by atoms with Crippen LogP contribution in [0.5, 0.6) is 5.75 Å². The van der Waals surface area contributed by atoms with Crippen molar-refractivity contribution >= 4 is 21.1 Å². The van der Waals surface area contributed by atoms with Crippen molar-refractivity contribution in [2.24, 2.45) is 0 Å². The van der Waals surface area contributed by atoms with Gasteiger partial charge in [-0.2, -0.15) is 0 Å². The van der Waals surface area contributed by atoms with Gasteiger partial charge < -0.3 is 9.72 Å². The van der Waals surface area contributed by atoms with Gasteiger partial charge in [0.25, 0.3) is 0 Å². The third kappa shape index (κ3) is 3.38. The molecule has 2 N–H and O–H groups in total. The summed E-state index contributed by atoms with van der Waals surface area (Å²) in [5.41, 5.74) is 3.00. The molecule has 0 aliphatic carbocycles. The quantitative estimate of drug-likeness (QED) is 0.688. The van der Waals surface area contributed by atoms with Crippen molar-refractivity contribution in [2.75, 3.05) is 13.7 Å². The van der Waals surface area contributed by atoms with Crippen molar-refractivity contribution in [3.8, 4) is 5.75 Å². The molecule has 138 valence electrons. The molecular formula is C18H21N3O4S. The number of hydrogen-bond acceptors (Lipinski definition) is 4. The number of nitrogens with zero attached hydrogens (tertiary/aromatic N) is 1. The summed E-state index contributed by atoms with van der Waals surface area (Å²) >= 11 is 0. The van der Waals surface area contributed by atoms with E-state index in [9.17, 15) is 13.2 Å². The van der Waals surface area contributed by atoms with Crippen molar-refractivity contribution in [3.63, 3.8) is 0 Å². The number of methoxy groups -OCH3 is 1. The highest BCUT2D eigenvalue weighted by atomic mass is 32.2. The molecule has 0 radical (unpaired) electrons. The smallest absolute Gasteiger partial charge is 0.326 e. The first-order valence-electron chi connectivity index (χ1n) is 8.16. The Morgan fingerprint density at radius 2 is 1.85 bits per heavy atom. The molecule has 8 heteroatoms. The van der Waals surface area contributed by atoms with E-state index in [1.54, 1.807) is 18.2 Å². The average molecular weight is 375 g/mol. The zero-order chi connectivity index (χ0) is 18.9. The minimum atomic E-state index is -3.76. The van der Waals surface area contributed by atoms with Crippen LogP contribution in [0.1, 0.15) is 11.1 Å². The van der Waals surface area contributed by atoms with Crippen LogP contribution in [0.4, 0.5) is 0 Å². The number of imidazole rings is 1. The Morgan fingerprint density at radius 1 is 1.15 bits per heavy atom. The Kier molecular flexibility index (Phi) is 4.88. The zero-order valence-corrected chi connectivity index (χ0v) is 15.7. The fourth-order valence-corrected chi connectivity index (χ4v) is 4.09. The Labute approximate surface area is 151 Å². The van der Waals surface area contributed by atoms with E-state index in [1.165, 1.54) is 11.7 Å². The number of ether oxygens (including phenoxy) is 1. The predicted molar refractivity (Wildman–Crippen MR) is 100 cm³/mol. The van der Waals surface area contributed by atoms with Gasteiger partial charge in [-0.15, -0.1) is 0 Å². The van der Waals surface area contributed by atoms with Crippen LogP contribution in [-0.2, 0) is 16.6 Å². The number of nitrogens with one attached hydrogen (secondary N) is 2. The molecule has 7 nitrogen and oxygen atoms in total. The number of aryl methyl sites for hydroxylation is 2. The van der Waals surface area contributed by atoms with Crippen LogP contribution in [0.25, 0.3) is 11.0 Å². The van der Waals surface area contributed by atoms with E-state index >= 15 is 0 Å². The van der Waals surface area contributed by atoms with E-state index in [2.05, 4.69) is 9.71 Å². The van der Waals surface area contributed by atoms with Gasteiger partial charge in [0.1, 0.15) is 10.6 Å². The number of H-pyrrole nitrogens is 1. The highest BCUT2D eigenvalue weighted by Gasteiger charge is 2.20. The molecule has 1 heterocycles. The summed E-state index contributed by atoms with van der Waals surface area (Å²) in [4.78, 5) is 14.9. The van der Waals surface area contributed by atoms with Crippen LogP contribution < -0.4 is 15.1 Å². The summed E-state index contributed by atoms with van der Waals surface area (Å²) in [5, 5.41) is 0. The van der Waals surface area contributed by atoms with E-state index in [1.807, 2.05) is 32.0 Å². The summed E-state index contributed by atoms with van der Waals surface area (Å²) < 4.78 is 34.6. The number of sulfonamides is 1. The topological polar surface area (TPSA) is 93.2 Å². The van der Waals surface area contributed by atoms with Crippen molar-refractivity contribution in [2.45, 2.75) is 25.3 Å². The first-order valence-corrected chi connectivity index (χ1v) is 9.64. The summed E-state index contributed by atoms with van der Waals surface area (Å²) in [6.07, 6.45) is 0. The third-order valence-corrected chi connectivity index (χ3v) is 5.86. The lowest BCUT2D eigenvalue weighted by Gasteiger charge is -2.13. The number of aromatic nitrogens is 2. The standard InChI is InChI=1S/C18H21N3O4S/c1-12-10-16(25-3)17(11-13(12)2)26(23,24)19-8-9-21-15-7-5-4-6-14(15)20-18(21)22/h4-7,10-11,19H,8-9H2,1-3H3,(H,20,22). The molecule has 3 aromatic rings. The summed E-state index contributed by atoms with van der Waals surface area (Å²) in [6, 6.07) is 10.6. The second-order valence-corrected chi connectivity index (χ2v) is 7.82. The van der Waals surface area contributed by atoms with Gasteiger partial charge in [0, 0.05) is 13.1 Å². The van der Waals surface area contributed by atoms with E-state index in [-0.39, 0.29) is 23.7 Å². The normalized spacial score (nSPS) is 11.8. The Balaban J connectivity index is 1.82. The van der Waals surface area contributed by atoms with Crippen LogP contribution in [-0.4, -0.2) is 31.6 Å². The molecule has 0 bridgehead atoms. The molecule has 0 atom stereocenters. The molecule has 0 amide bonds. The molecule has 0 aliphatic heterocycles. The second-order valence-electron chi connectivity index (χ2n) is 6.08. The molecular weight excluding hydrogens is 354 g/mol. The van der Waals surface area contributed by atoms with Gasteiger partial charge in [-0.25, -0.2) is 17.9 Å². The van der Waals surface area contributed by atoms with Crippen LogP contribution >= 0.6 is 0 Å². The Hall–Kier alpha value is -2.58. The second kappa shape index (κ2) is 6.97. The molecule has 0 spiro atoms. The van der Waals surface area contributed by atoms with Gasteiger partial charge >= 0.3 is 5.69 Å². The van der Waals surface area contributed by atoms with E-state index in [4.69, 9.17) is 4.74 Å². The Bertz CT molecular complexity index is 1110. The van der Waals surface area contributed by atoms with Crippen LogP contribution in [0, 0.1) is 13.8 Å². The highest BCUT2D eigenvalue weighted by Crippen LogP contribution is 2.27. The molecule has 3 rings (SSSR count). The minimum Gasteiger partial charge on any atom is -0.495 e. The molecule has 26 heavy (non-hydrogen) atoms. The molecule has 0 aliphatic rings. The average Bonchev–Trinajstić information content (AvgIpc) is 2.92. The number of aromatic amines is 1. The number of hydrogen-bond donors (Lipinski definition) is 2. The fourth-order valence-electron chi connectivity index (χ4n) is 2.83. The third-order valence-electron chi connectivity index (χ3n) is 4.38. The lowest BCUT2D eigenvalue weighted by atomic mass is 10.1. The van der Waals surface area contributed by atoms with Gasteiger partial charge in [0.2, 0.25) is 10.0 Å². The molecule has 0 saturated heterocycles. The number of fused-ring (bicyclic) bond motifs is 1. The van der Waals surface area contributed by atoms with Crippen LogP contribution in [0.15, 0.2) is 46.1 Å². The van der Waals surface area contributed by atoms with Gasteiger partial charge in [-0.3, -0.25) is 4.57 Å². The number of benzene rings is 2. The monoisotopic (exact) mass is 375 g/mol. The Morgan fingerprint density at radius 3 is 2.58 bits per heavy atom. The van der Waals surface area contributed by atoms with Gasteiger partial charge in [0.15, 0.2) is 0 Å². The van der Waals surface area contributed by atoms with Crippen molar-refractivity contribution in [1.82, 2.24) is 14.3 Å². The predicted octanol–water partition coefficient (Wildman–Crippen LogP) is 1.93. The van der Waals surface area contributed by atoms with E-state index in [0.29, 0.717) is 5.75 Å². The van der Waals surface area contributed by atoms with Gasteiger partial charge in [-0.1, -0.05) is 12.1 Å². The lowest BCUT2D eigenvalue weighted by Crippen LogP contribution is -2.30. The van der Waals surface area contributed by atoms with Crippen molar-refractivity contribution in [1.29, 1.82) is 0 Å². The SMILES string of the molecule is COc1cc(C)c(C)cc1S(=O)(=O)NCCn1c(=O)[nH]c2ccccc21. The summed E-state index contributed by atoms with van der Waals surface area (Å²) in [7, 11) is -2.32. The maximum absolute atomic E-state index is 12.7. The van der Waals surface area contributed by atoms with E-state index < -0.39 is 10.0 Å². The first kappa shape index (κ1) is 18.2. The maximum atomic E-state index is 12.7. The maximum Gasteiger partial charge on any atom is 0.326 e.